The molecule has 4 heteroatoms. The molecule has 0 radical (unpaired) electrons. The van der Waals surface area contributed by atoms with Crippen molar-refractivity contribution >= 4 is 0 Å². The van der Waals surface area contributed by atoms with Crippen LogP contribution in [0.3, 0.4) is 0 Å². The first-order valence-electron chi connectivity index (χ1n) is 7.59. The Morgan fingerprint density at radius 3 is 2.27 bits per heavy atom. The molecule has 0 heterocycles. The SMILES string of the molecule is NC1CCC(Oc2ccc(OCc3ccccc3)cc2)C1O. The minimum atomic E-state index is -0.589. The van der Waals surface area contributed by atoms with Crippen LogP contribution in [0, 0.1) is 0 Å². The van der Waals surface area contributed by atoms with E-state index in [2.05, 4.69) is 0 Å². The molecule has 0 aromatic heterocycles. The van der Waals surface area contributed by atoms with Crippen LogP contribution in [0.2, 0.25) is 0 Å². The van der Waals surface area contributed by atoms with E-state index in [0.29, 0.717) is 6.61 Å². The quantitative estimate of drug-likeness (QED) is 0.890. The lowest BCUT2D eigenvalue weighted by molar-refractivity contribution is 0.0521. The average Bonchev–Trinajstić information content (AvgIpc) is 2.87. The Morgan fingerprint density at radius 2 is 1.64 bits per heavy atom. The van der Waals surface area contributed by atoms with E-state index in [4.69, 9.17) is 15.2 Å². The summed E-state index contributed by atoms with van der Waals surface area (Å²) in [6, 6.07) is 17.3. The lowest BCUT2D eigenvalue weighted by Crippen LogP contribution is -2.37. The minimum absolute atomic E-state index is 0.182. The molecule has 4 nitrogen and oxygen atoms in total. The number of hydrogen-bond acceptors (Lipinski definition) is 4. The fraction of sp³-hybridized carbons (Fsp3) is 0.333. The van der Waals surface area contributed by atoms with Gasteiger partial charge in [0, 0.05) is 6.04 Å². The van der Waals surface area contributed by atoms with E-state index in [1.165, 1.54) is 0 Å². The summed E-state index contributed by atoms with van der Waals surface area (Å²) in [5.41, 5.74) is 6.92. The van der Waals surface area contributed by atoms with E-state index in [0.717, 1.165) is 29.9 Å². The third kappa shape index (κ3) is 3.59. The smallest absolute Gasteiger partial charge is 0.126 e. The second-order valence-corrected chi connectivity index (χ2v) is 5.63. The zero-order valence-corrected chi connectivity index (χ0v) is 12.4. The molecule has 22 heavy (non-hydrogen) atoms. The van der Waals surface area contributed by atoms with Crippen molar-refractivity contribution in [3.63, 3.8) is 0 Å². The minimum Gasteiger partial charge on any atom is -0.489 e. The summed E-state index contributed by atoms with van der Waals surface area (Å²) in [7, 11) is 0. The predicted octanol–water partition coefficient (Wildman–Crippen LogP) is 2.50. The Labute approximate surface area is 130 Å². The molecule has 3 atom stereocenters. The molecule has 0 bridgehead atoms. The van der Waals surface area contributed by atoms with Gasteiger partial charge in [0.05, 0.1) is 0 Å². The third-order valence-corrected chi connectivity index (χ3v) is 3.96. The van der Waals surface area contributed by atoms with Crippen LogP contribution in [0.4, 0.5) is 0 Å². The number of nitrogens with two attached hydrogens (primary N) is 1. The first kappa shape index (κ1) is 14.9. The van der Waals surface area contributed by atoms with Crippen molar-refractivity contribution in [1.82, 2.24) is 0 Å². The highest BCUT2D eigenvalue weighted by Gasteiger charge is 2.33. The Kier molecular flexibility index (Phi) is 4.61. The van der Waals surface area contributed by atoms with Crippen LogP contribution in [-0.4, -0.2) is 23.4 Å². The summed E-state index contributed by atoms with van der Waals surface area (Å²) in [6.45, 7) is 0.539. The molecule has 116 valence electrons. The molecule has 1 saturated carbocycles. The molecule has 2 aromatic rings. The Morgan fingerprint density at radius 1 is 0.955 bits per heavy atom. The van der Waals surface area contributed by atoms with Gasteiger partial charge in [-0.2, -0.15) is 0 Å². The van der Waals surface area contributed by atoms with Crippen LogP contribution in [0.5, 0.6) is 11.5 Å². The lowest BCUT2D eigenvalue weighted by Gasteiger charge is -2.19. The average molecular weight is 299 g/mol. The molecule has 0 amide bonds. The van der Waals surface area contributed by atoms with Crippen molar-refractivity contribution in [2.24, 2.45) is 5.73 Å². The number of benzene rings is 2. The third-order valence-electron chi connectivity index (χ3n) is 3.96. The lowest BCUT2D eigenvalue weighted by atomic mass is 10.2. The maximum atomic E-state index is 9.91. The molecule has 3 rings (SSSR count). The highest BCUT2D eigenvalue weighted by atomic mass is 16.5. The summed E-state index contributed by atoms with van der Waals surface area (Å²) >= 11 is 0. The second kappa shape index (κ2) is 6.81. The van der Waals surface area contributed by atoms with Gasteiger partial charge in [0.1, 0.15) is 30.3 Å². The monoisotopic (exact) mass is 299 g/mol. The molecule has 1 aliphatic rings. The van der Waals surface area contributed by atoms with E-state index >= 15 is 0 Å². The van der Waals surface area contributed by atoms with Crippen molar-refractivity contribution in [2.45, 2.75) is 37.7 Å². The maximum absolute atomic E-state index is 9.91. The zero-order valence-electron chi connectivity index (χ0n) is 12.4. The van der Waals surface area contributed by atoms with Gasteiger partial charge < -0.3 is 20.3 Å². The van der Waals surface area contributed by atoms with Gasteiger partial charge in [-0.25, -0.2) is 0 Å². The molecular weight excluding hydrogens is 278 g/mol. The van der Waals surface area contributed by atoms with Crippen molar-refractivity contribution in [3.05, 3.63) is 60.2 Å². The predicted molar refractivity (Wildman–Crippen MR) is 84.8 cm³/mol. The number of rotatable bonds is 5. The molecule has 1 fully saturated rings. The van der Waals surface area contributed by atoms with Crippen molar-refractivity contribution in [3.8, 4) is 11.5 Å². The van der Waals surface area contributed by atoms with E-state index < -0.39 is 6.10 Å². The highest BCUT2D eigenvalue weighted by Crippen LogP contribution is 2.25. The first-order chi connectivity index (χ1) is 10.7. The molecule has 0 saturated heterocycles. The molecular formula is C18H21NO3. The van der Waals surface area contributed by atoms with Gasteiger partial charge in [0.25, 0.3) is 0 Å². The Balaban J connectivity index is 1.54. The molecule has 1 aliphatic carbocycles. The topological polar surface area (TPSA) is 64.7 Å². The van der Waals surface area contributed by atoms with E-state index in [1.54, 1.807) is 0 Å². The number of hydrogen-bond donors (Lipinski definition) is 2. The van der Waals surface area contributed by atoms with Crippen LogP contribution in [-0.2, 0) is 6.61 Å². The van der Waals surface area contributed by atoms with Crippen molar-refractivity contribution < 1.29 is 14.6 Å². The number of aliphatic hydroxyl groups is 1. The molecule has 2 aromatic carbocycles. The molecule has 3 unspecified atom stereocenters. The molecule has 3 N–H and O–H groups in total. The van der Waals surface area contributed by atoms with Gasteiger partial charge in [0.2, 0.25) is 0 Å². The van der Waals surface area contributed by atoms with Gasteiger partial charge in [-0.1, -0.05) is 30.3 Å². The van der Waals surface area contributed by atoms with Gasteiger partial charge in [-0.15, -0.1) is 0 Å². The van der Waals surface area contributed by atoms with E-state index in [1.807, 2.05) is 54.6 Å². The van der Waals surface area contributed by atoms with Gasteiger partial charge in [0.15, 0.2) is 0 Å². The van der Waals surface area contributed by atoms with E-state index in [-0.39, 0.29) is 12.1 Å². The normalized spacial score (nSPS) is 24.2. The summed E-state index contributed by atoms with van der Waals surface area (Å²) in [5, 5.41) is 9.91. The van der Waals surface area contributed by atoms with Crippen LogP contribution < -0.4 is 15.2 Å². The summed E-state index contributed by atoms with van der Waals surface area (Å²) < 4.78 is 11.5. The van der Waals surface area contributed by atoms with Crippen LogP contribution in [0.1, 0.15) is 18.4 Å². The second-order valence-electron chi connectivity index (χ2n) is 5.63. The van der Waals surface area contributed by atoms with Crippen LogP contribution in [0.25, 0.3) is 0 Å². The summed E-state index contributed by atoms with van der Waals surface area (Å²) in [5.74, 6) is 1.52. The van der Waals surface area contributed by atoms with Gasteiger partial charge in [-0.05, 0) is 42.7 Å². The zero-order chi connectivity index (χ0) is 15.4. The summed E-state index contributed by atoms with van der Waals surface area (Å²) in [6.07, 6.45) is 0.777. The van der Waals surface area contributed by atoms with Crippen molar-refractivity contribution in [2.75, 3.05) is 0 Å². The van der Waals surface area contributed by atoms with Crippen LogP contribution in [0.15, 0.2) is 54.6 Å². The fourth-order valence-corrected chi connectivity index (χ4v) is 2.63. The highest BCUT2D eigenvalue weighted by molar-refractivity contribution is 5.32. The van der Waals surface area contributed by atoms with Crippen LogP contribution >= 0.6 is 0 Å². The molecule has 0 spiro atoms. The van der Waals surface area contributed by atoms with Gasteiger partial charge >= 0.3 is 0 Å². The van der Waals surface area contributed by atoms with Crippen molar-refractivity contribution in [1.29, 1.82) is 0 Å². The number of aliphatic hydroxyl groups excluding tert-OH is 1. The Hall–Kier alpha value is -2.04. The Bertz CT molecular complexity index is 585. The van der Waals surface area contributed by atoms with Gasteiger partial charge in [-0.3, -0.25) is 0 Å². The summed E-state index contributed by atoms with van der Waals surface area (Å²) in [4.78, 5) is 0. The number of ether oxygens (including phenoxy) is 2. The largest absolute Gasteiger partial charge is 0.489 e. The maximum Gasteiger partial charge on any atom is 0.126 e. The fourth-order valence-electron chi connectivity index (χ4n) is 2.63. The first-order valence-corrected chi connectivity index (χ1v) is 7.59. The van der Waals surface area contributed by atoms with E-state index in [9.17, 15) is 5.11 Å². The molecule has 0 aliphatic heterocycles. The standard InChI is InChI=1S/C18H21NO3/c19-16-10-11-17(18(16)20)22-15-8-6-14(7-9-15)21-12-13-4-2-1-3-5-13/h1-9,16-18,20H,10-12,19H2.